The summed E-state index contributed by atoms with van der Waals surface area (Å²) in [5.41, 5.74) is 12.7. The van der Waals surface area contributed by atoms with Crippen molar-refractivity contribution in [3.63, 3.8) is 0 Å². The van der Waals surface area contributed by atoms with E-state index in [1.54, 1.807) is 25.6 Å². The molecule has 2 aromatic carbocycles. The zero-order valence-corrected chi connectivity index (χ0v) is 23.6. The molecule has 0 aromatic heterocycles. The van der Waals surface area contributed by atoms with Crippen molar-refractivity contribution in [2.45, 2.75) is 50.7 Å². The molecular weight excluding hydrogens is 500 g/mol. The standard InChI is InChI=1S/C35H30O3S/c1-21-10-9-13-25(16-14-21)26-17-18-27-29(20-26)39-28(19-15-22(2)24-11-7-6-8-12-24)30-23(3)35(37)32(31(27)30)33(36)38-34(35,4)5/h6-9,11-14,16-20,23,37H,1-5H3. The molecule has 194 valence electrons. The van der Waals surface area contributed by atoms with Crippen LogP contribution >= 0.6 is 11.8 Å². The minimum atomic E-state index is -1.42. The van der Waals surface area contributed by atoms with Crippen LogP contribution in [0.25, 0.3) is 16.7 Å². The summed E-state index contributed by atoms with van der Waals surface area (Å²) in [7, 11) is 0. The number of aliphatic hydroxyl groups is 1. The molecule has 2 heterocycles. The Balaban J connectivity index is 1.56. The molecule has 2 atom stereocenters. The van der Waals surface area contributed by atoms with Gasteiger partial charge in [-0.05, 0) is 91.0 Å². The van der Waals surface area contributed by atoms with Crippen LogP contribution in [0.5, 0.6) is 0 Å². The van der Waals surface area contributed by atoms with Crippen LogP contribution in [0.3, 0.4) is 0 Å². The maximum absolute atomic E-state index is 13.3. The minimum absolute atomic E-state index is 0.332. The fourth-order valence-electron chi connectivity index (χ4n) is 6.02. The van der Waals surface area contributed by atoms with Crippen molar-refractivity contribution in [2.75, 3.05) is 0 Å². The van der Waals surface area contributed by atoms with Gasteiger partial charge in [0, 0.05) is 21.3 Å². The number of ether oxygens (including phenoxy) is 1. The molecule has 1 N–H and O–H groups in total. The van der Waals surface area contributed by atoms with Gasteiger partial charge in [-0.2, -0.15) is 0 Å². The number of rotatable bonds is 3. The predicted molar refractivity (Wildman–Crippen MR) is 159 cm³/mol. The molecule has 0 spiro atoms. The summed E-state index contributed by atoms with van der Waals surface area (Å²) in [5.74, 6) is -0.775. The Morgan fingerprint density at radius 1 is 1.15 bits per heavy atom. The number of benzene rings is 2. The number of fused-ring (bicyclic) bond motifs is 4. The van der Waals surface area contributed by atoms with Gasteiger partial charge in [-0.1, -0.05) is 73.3 Å². The zero-order valence-electron chi connectivity index (χ0n) is 22.8. The predicted octanol–water partition coefficient (Wildman–Crippen LogP) is 7.83. The van der Waals surface area contributed by atoms with Gasteiger partial charge in [0.2, 0.25) is 0 Å². The number of thioether (sulfide) groups is 1. The van der Waals surface area contributed by atoms with Crippen molar-refractivity contribution < 1.29 is 14.6 Å². The van der Waals surface area contributed by atoms with Crippen LogP contribution in [-0.2, 0) is 9.53 Å². The lowest BCUT2D eigenvalue weighted by Gasteiger charge is -2.36. The van der Waals surface area contributed by atoms with E-state index in [2.05, 4.69) is 60.0 Å². The normalized spacial score (nSPS) is 24.3. The van der Waals surface area contributed by atoms with Crippen LogP contribution in [0, 0.1) is 5.92 Å². The van der Waals surface area contributed by atoms with Gasteiger partial charge >= 0.3 is 5.97 Å². The van der Waals surface area contributed by atoms with Crippen molar-refractivity contribution in [1.29, 1.82) is 0 Å². The number of hydrogen-bond acceptors (Lipinski definition) is 4. The lowest BCUT2D eigenvalue weighted by Crippen LogP contribution is -2.50. The van der Waals surface area contributed by atoms with Gasteiger partial charge in [0.1, 0.15) is 11.2 Å². The molecular formula is C35H30O3S. The van der Waals surface area contributed by atoms with Crippen molar-refractivity contribution in [3.05, 3.63) is 129 Å². The molecule has 6 rings (SSSR count). The molecule has 2 unspecified atom stereocenters. The molecule has 2 aliphatic heterocycles. The van der Waals surface area contributed by atoms with E-state index in [1.807, 2.05) is 51.1 Å². The van der Waals surface area contributed by atoms with E-state index >= 15 is 0 Å². The summed E-state index contributed by atoms with van der Waals surface area (Å²) in [5, 5.41) is 12.1. The summed E-state index contributed by atoms with van der Waals surface area (Å²) < 4.78 is 5.75. The Bertz CT molecular complexity index is 1700. The van der Waals surface area contributed by atoms with Gasteiger partial charge in [0.05, 0.1) is 5.57 Å². The molecule has 39 heavy (non-hydrogen) atoms. The molecule has 1 saturated heterocycles. The number of hydrogen-bond donors (Lipinski definition) is 1. The lowest BCUT2D eigenvalue weighted by atomic mass is 9.75. The SMILES string of the molecule is CC1=C=CC=C(c2ccc3c(c2)SC(C=C=C(C)c2ccccc2)=C2C3=C3C(=O)OC(C)(C)C3(O)C2C)C=C1. The van der Waals surface area contributed by atoms with Crippen molar-refractivity contribution >= 4 is 34.5 Å². The van der Waals surface area contributed by atoms with Crippen LogP contribution in [0.15, 0.2) is 117 Å². The first-order valence-corrected chi connectivity index (χ1v) is 14.0. The summed E-state index contributed by atoms with van der Waals surface area (Å²) >= 11 is 1.67. The first-order valence-electron chi connectivity index (χ1n) is 13.2. The average molecular weight is 531 g/mol. The van der Waals surface area contributed by atoms with Crippen molar-refractivity contribution in [3.8, 4) is 0 Å². The van der Waals surface area contributed by atoms with E-state index in [9.17, 15) is 9.90 Å². The smallest absolute Gasteiger partial charge is 0.338 e. The Morgan fingerprint density at radius 3 is 2.69 bits per heavy atom. The molecule has 2 aliphatic carbocycles. The van der Waals surface area contributed by atoms with E-state index in [0.29, 0.717) is 5.57 Å². The maximum atomic E-state index is 13.3. The number of allylic oxidation sites excluding steroid dienone is 7. The van der Waals surface area contributed by atoms with Crippen LogP contribution in [-0.4, -0.2) is 22.3 Å². The van der Waals surface area contributed by atoms with E-state index in [1.165, 1.54) is 0 Å². The van der Waals surface area contributed by atoms with Gasteiger partial charge in [-0.3, -0.25) is 0 Å². The largest absolute Gasteiger partial charge is 0.453 e. The zero-order chi connectivity index (χ0) is 27.5. The highest BCUT2D eigenvalue weighted by Gasteiger charge is 2.67. The molecule has 0 radical (unpaired) electrons. The molecule has 0 saturated carbocycles. The van der Waals surface area contributed by atoms with Crippen LogP contribution in [0.1, 0.15) is 51.3 Å². The highest BCUT2D eigenvalue weighted by Crippen LogP contribution is 2.62. The molecule has 1 fully saturated rings. The van der Waals surface area contributed by atoms with Crippen LogP contribution in [0.2, 0.25) is 0 Å². The number of carbonyl (C=O) groups is 1. The molecule has 3 nitrogen and oxygen atoms in total. The third-order valence-electron chi connectivity index (χ3n) is 8.21. The summed E-state index contributed by atoms with van der Waals surface area (Å²) in [6.07, 6.45) is 10.2. The Kier molecular flexibility index (Phi) is 5.99. The molecule has 0 amide bonds. The molecule has 4 aliphatic rings. The van der Waals surface area contributed by atoms with Crippen molar-refractivity contribution in [2.24, 2.45) is 5.92 Å². The van der Waals surface area contributed by atoms with Gasteiger partial charge in [-0.25, -0.2) is 4.79 Å². The summed E-state index contributed by atoms with van der Waals surface area (Å²) in [6, 6.07) is 16.5. The summed E-state index contributed by atoms with van der Waals surface area (Å²) in [4.78, 5) is 15.3. The van der Waals surface area contributed by atoms with Crippen molar-refractivity contribution in [1.82, 2.24) is 0 Å². The third-order valence-corrected chi connectivity index (χ3v) is 9.33. The third kappa shape index (κ3) is 3.92. The fourth-order valence-corrected chi connectivity index (χ4v) is 7.23. The van der Waals surface area contributed by atoms with Gasteiger partial charge in [-0.15, -0.1) is 11.5 Å². The highest BCUT2D eigenvalue weighted by atomic mass is 32.2. The number of carbonyl (C=O) groups excluding carboxylic acids is 1. The van der Waals surface area contributed by atoms with Gasteiger partial charge < -0.3 is 9.84 Å². The molecule has 0 bridgehead atoms. The van der Waals surface area contributed by atoms with Gasteiger partial charge in [0.25, 0.3) is 0 Å². The van der Waals surface area contributed by atoms with E-state index in [0.717, 1.165) is 54.4 Å². The summed E-state index contributed by atoms with van der Waals surface area (Å²) in [6.45, 7) is 9.67. The topological polar surface area (TPSA) is 46.5 Å². The Labute approximate surface area is 234 Å². The number of cyclic esters (lactones) is 1. The van der Waals surface area contributed by atoms with E-state index in [-0.39, 0.29) is 5.92 Å². The average Bonchev–Trinajstić information content (AvgIpc) is 3.13. The van der Waals surface area contributed by atoms with Crippen LogP contribution < -0.4 is 0 Å². The Morgan fingerprint density at radius 2 is 1.92 bits per heavy atom. The second kappa shape index (κ2) is 9.16. The first kappa shape index (κ1) is 25.5. The first-order chi connectivity index (χ1) is 18.6. The molecule has 4 heteroatoms. The monoisotopic (exact) mass is 530 g/mol. The maximum Gasteiger partial charge on any atom is 0.338 e. The van der Waals surface area contributed by atoms with Crippen LogP contribution in [0.4, 0.5) is 0 Å². The number of esters is 1. The van der Waals surface area contributed by atoms with E-state index < -0.39 is 17.2 Å². The highest BCUT2D eigenvalue weighted by molar-refractivity contribution is 8.03. The van der Waals surface area contributed by atoms with E-state index in [4.69, 9.17) is 4.74 Å². The minimum Gasteiger partial charge on any atom is -0.453 e. The quantitative estimate of drug-likeness (QED) is 0.325. The van der Waals surface area contributed by atoms with Gasteiger partial charge in [0.15, 0.2) is 0 Å². The second-order valence-corrected chi connectivity index (χ2v) is 12.0. The lowest BCUT2D eigenvalue weighted by molar-refractivity contribution is -0.154. The Hall–Kier alpha value is -3.78. The molecule has 2 aromatic rings. The second-order valence-electron chi connectivity index (χ2n) is 11.0. The fraction of sp³-hybridized carbons (Fsp3) is 0.229.